The highest BCUT2D eigenvalue weighted by molar-refractivity contribution is 14.0. The van der Waals surface area contributed by atoms with Gasteiger partial charge in [0.15, 0.2) is 5.96 Å². The van der Waals surface area contributed by atoms with E-state index in [1.165, 1.54) is 6.42 Å². The lowest BCUT2D eigenvalue weighted by Gasteiger charge is -2.52. The van der Waals surface area contributed by atoms with Gasteiger partial charge >= 0.3 is 0 Å². The molecule has 2 fully saturated rings. The third-order valence-electron chi connectivity index (χ3n) is 5.23. The van der Waals surface area contributed by atoms with Crippen LogP contribution < -0.4 is 16.0 Å². The van der Waals surface area contributed by atoms with E-state index in [9.17, 15) is 4.79 Å². The van der Waals surface area contributed by atoms with Crippen LogP contribution in [0.5, 0.6) is 0 Å². The lowest BCUT2D eigenvalue weighted by Crippen LogP contribution is -2.64. The van der Waals surface area contributed by atoms with Crippen molar-refractivity contribution in [2.45, 2.75) is 78.0 Å². The Bertz CT molecular complexity index is 446. The largest absolute Gasteiger partial charge is 0.378 e. The molecule has 0 aromatic heterocycles. The highest BCUT2D eigenvalue weighted by Crippen LogP contribution is 2.42. The summed E-state index contributed by atoms with van der Waals surface area (Å²) in [6, 6.07) is 0.611. The number of unbranched alkanes of at least 4 members (excludes halogenated alkanes) is 1. The van der Waals surface area contributed by atoms with Gasteiger partial charge in [0.05, 0.1) is 6.10 Å². The highest BCUT2D eigenvalue weighted by atomic mass is 127. The van der Waals surface area contributed by atoms with Gasteiger partial charge in [-0.15, -0.1) is 24.0 Å². The minimum Gasteiger partial charge on any atom is -0.378 e. The lowest BCUT2D eigenvalue weighted by molar-refractivity contribution is -0.122. The second-order valence-electron chi connectivity index (χ2n) is 7.47. The van der Waals surface area contributed by atoms with Crippen molar-refractivity contribution in [2.24, 2.45) is 10.4 Å². The molecule has 0 aromatic carbocycles. The van der Waals surface area contributed by atoms with Crippen LogP contribution in [-0.2, 0) is 9.53 Å². The fraction of sp³-hybridized carbons (Fsp3) is 0.889. The number of hydrogen-bond donors (Lipinski definition) is 3. The zero-order valence-corrected chi connectivity index (χ0v) is 18.4. The van der Waals surface area contributed by atoms with Crippen LogP contribution in [-0.4, -0.2) is 49.8 Å². The van der Waals surface area contributed by atoms with Crippen LogP contribution in [0.2, 0.25) is 0 Å². The minimum absolute atomic E-state index is 0. The first-order valence-corrected chi connectivity index (χ1v) is 9.43. The summed E-state index contributed by atoms with van der Waals surface area (Å²) >= 11 is 0. The number of nitrogens with zero attached hydrogens (tertiary/aromatic N) is 1. The van der Waals surface area contributed by atoms with Crippen LogP contribution >= 0.6 is 24.0 Å². The lowest BCUT2D eigenvalue weighted by atomic mass is 9.64. The molecule has 1 aliphatic heterocycles. The summed E-state index contributed by atoms with van der Waals surface area (Å²) in [4.78, 5) is 15.9. The molecule has 0 spiro atoms. The zero-order valence-electron chi connectivity index (χ0n) is 16.1. The van der Waals surface area contributed by atoms with Crippen molar-refractivity contribution in [1.29, 1.82) is 0 Å². The van der Waals surface area contributed by atoms with Crippen molar-refractivity contribution in [1.82, 2.24) is 16.0 Å². The standard InChI is InChI=1S/C18H34N4O2.HI/c1-5-7-10-24-15-11-14(18(15,3)4)22-17(19-6-2)21-13-8-9-16(23)20-12-13;/h13-15H,5-12H2,1-4H3,(H,20,23)(H2,19,21,22);1H. The molecule has 146 valence electrons. The fourth-order valence-electron chi connectivity index (χ4n) is 3.29. The molecule has 2 aliphatic rings. The van der Waals surface area contributed by atoms with Gasteiger partial charge in [0.1, 0.15) is 0 Å². The van der Waals surface area contributed by atoms with Gasteiger partial charge in [-0.2, -0.15) is 0 Å². The molecule has 3 N–H and O–H groups in total. The molecular formula is C18H35IN4O2. The molecule has 1 saturated heterocycles. The van der Waals surface area contributed by atoms with Crippen molar-refractivity contribution < 1.29 is 9.53 Å². The molecule has 0 radical (unpaired) electrons. The van der Waals surface area contributed by atoms with Crippen LogP contribution in [0.25, 0.3) is 0 Å². The summed E-state index contributed by atoms with van der Waals surface area (Å²) in [5.74, 6) is 0.992. The van der Waals surface area contributed by atoms with Crippen LogP contribution in [0.4, 0.5) is 0 Å². The Morgan fingerprint density at radius 2 is 2.12 bits per heavy atom. The van der Waals surface area contributed by atoms with Crippen molar-refractivity contribution in [3.63, 3.8) is 0 Å². The molecule has 25 heavy (non-hydrogen) atoms. The number of ether oxygens (including phenoxy) is 1. The first kappa shape index (κ1) is 22.5. The number of carbonyl (C=O) groups is 1. The molecule has 0 aromatic rings. The van der Waals surface area contributed by atoms with E-state index in [2.05, 4.69) is 41.7 Å². The number of rotatable bonds is 7. The average molecular weight is 466 g/mol. The number of halogens is 1. The zero-order chi connectivity index (χ0) is 17.6. The maximum atomic E-state index is 11.3. The second kappa shape index (κ2) is 10.5. The van der Waals surface area contributed by atoms with Gasteiger partial charge in [0.25, 0.3) is 0 Å². The topological polar surface area (TPSA) is 74.8 Å². The number of aliphatic imine (C=N–C) groups is 1. The van der Waals surface area contributed by atoms with Crippen molar-refractivity contribution in [3.05, 3.63) is 0 Å². The van der Waals surface area contributed by atoms with E-state index in [0.717, 1.165) is 38.4 Å². The smallest absolute Gasteiger partial charge is 0.220 e. The van der Waals surface area contributed by atoms with E-state index in [0.29, 0.717) is 25.1 Å². The first-order valence-electron chi connectivity index (χ1n) is 9.43. The van der Waals surface area contributed by atoms with E-state index in [-0.39, 0.29) is 41.3 Å². The highest BCUT2D eigenvalue weighted by Gasteiger charge is 2.49. The maximum Gasteiger partial charge on any atom is 0.220 e. The van der Waals surface area contributed by atoms with E-state index < -0.39 is 0 Å². The van der Waals surface area contributed by atoms with E-state index in [1.54, 1.807) is 0 Å². The van der Waals surface area contributed by atoms with Gasteiger partial charge in [0.2, 0.25) is 5.91 Å². The molecule has 3 atom stereocenters. The number of piperidine rings is 1. The normalized spacial score (nSPS) is 28.4. The molecule has 1 saturated carbocycles. The van der Waals surface area contributed by atoms with Crippen molar-refractivity contribution >= 4 is 35.8 Å². The molecule has 3 unspecified atom stereocenters. The summed E-state index contributed by atoms with van der Waals surface area (Å²) in [7, 11) is 0. The Morgan fingerprint density at radius 3 is 2.68 bits per heavy atom. The molecular weight excluding hydrogens is 431 g/mol. The molecule has 7 heteroatoms. The van der Waals surface area contributed by atoms with Gasteiger partial charge in [-0.3, -0.25) is 9.79 Å². The summed E-state index contributed by atoms with van der Waals surface area (Å²) < 4.78 is 6.02. The summed E-state index contributed by atoms with van der Waals surface area (Å²) in [6.07, 6.45) is 5.07. The molecule has 0 bridgehead atoms. The van der Waals surface area contributed by atoms with Crippen molar-refractivity contribution in [3.8, 4) is 0 Å². The Labute approximate surface area is 169 Å². The maximum absolute atomic E-state index is 11.3. The molecule has 1 amide bonds. The van der Waals surface area contributed by atoms with Crippen LogP contribution in [0.3, 0.4) is 0 Å². The van der Waals surface area contributed by atoms with E-state index in [4.69, 9.17) is 4.74 Å². The molecule has 1 aliphatic carbocycles. The van der Waals surface area contributed by atoms with Gasteiger partial charge in [0, 0.05) is 43.6 Å². The Morgan fingerprint density at radius 1 is 1.36 bits per heavy atom. The molecule has 6 nitrogen and oxygen atoms in total. The summed E-state index contributed by atoms with van der Waals surface area (Å²) in [5.41, 5.74) is 0.102. The van der Waals surface area contributed by atoms with Gasteiger partial charge in [-0.05, 0) is 26.2 Å². The molecule has 1 heterocycles. The summed E-state index contributed by atoms with van der Waals surface area (Å²) in [5, 5.41) is 9.94. The second-order valence-corrected chi connectivity index (χ2v) is 7.47. The van der Waals surface area contributed by atoms with Crippen LogP contribution in [0.1, 0.15) is 59.8 Å². The van der Waals surface area contributed by atoms with Gasteiger partial charge in [-0.1, -0.05) is 27.2 Å². The quantitative estimate of drug-likeness (QED) is 0.233. The third kappa shape index (κ3) is 6.27. The Balaban J connectivity index is 0.00000312. The average Bonchev–Trinajstić information content (AvgIpc) is 2.55. The predicted molar refractivity (Wildman–Crippen MR) is 113 cm³/mol. The third-order valence-corrected chi connectivity index (χ3v) is 5.23. The van der Waals surface area contributed by atoms with Gasteiger partial charge in [-0.25, -0.2) is 0 Å². The Hall–Kier alpha value is -0.570. The van der Waals surface area contributed by atoms with Gasteiger partial charge < -0.3 is 20.7 Å². The Kier molecular flexibility index (Phi) is 9.48. The number of carbonyl (C=O) groups excluding carboxylic acids is 1. The monoisotopic (exact) mass is 466 g/mol. The summed E-state index contributed by atoms with van der Waals surface area (Å²) in [6.45, 7) is 11.0. The van der Waals surface area contributed by atoms with Crippen LogP contribution in [0, 0.1) is 5.41 Å². The number of hydrogen-bond acceptors (Lipinski definition) is 3. The van der Waals surface area contributed by atoms with Crippen LogP contribution in [0.15, 0.2) is 4.99 Å². The number of nitrogens with one attached hydrogen (secondary N) is 3. The van der Waals surface area contributed by atoms with E-state index >= 15 is 0 Å². The first-order chi connectivity index (χ1) is 11.5. The molecule has 2 rings (SSSR count). The fourth-order valence-corrected chi connectivity index (χ4v) is 3.29. The van der Waals surface area contributed by atoms with Crippen molar-refractivity contribution in [2.75, 3.05) is 19.7 Å². The number of guanidine groups is 1. The minimum atomic E-state index is 0. The number of amides is 1. The van der Waals surface area contributed by atoms with E-state index in [1.807, 2.05) is 6.92 Å². The predicted octanol–water partition coefficient (Wildman–Crippen LogP) is 2.42. The SMILES string of the molecule is CCCCOC1CC(NC(=NCC)NC2CCC(=O)NC2)C1(C)C.I.